The van der Waals surface area contributed by atoms with Gasteiger partial charge in [0, 0.05) is 4.90 Å². The van der Waals surface area contributed by atoms with Crippen molar-refractivity contribution >= 4 is 17.7 Å². The number of ether oxygens (including phenoxy) is 2. The van der Waals surface area contributed by atoms with Crippen molar-refractivity contribution in [3.8, 4) is 5.75 Å². The van der Waals surface area contributed by atoms with Crippen molar-refractivity contribution in [2.45, 2.75) is 18.7 Å². The Bertz CT molecular complexity index is 322. The number of esters is 1. The summed E-state index contributed by atoms with van der Waals surface area (Å²) >= 11 is 1.77. The van der Waals surface area contributed by atoms with Gasteiger partial charge in [0.05, 0.1) is 6.61 Å². The first kappa shape index (κ1) is 12.9. The number of benzene rings is 1. The molecule has 0 N–H and O–H groups in total. The largest absolute Gasteiger partial charge is 0.482 e. The van der Waals surface area contributed by atoms with Gasteiger partial charge in [-0.15, -0.1) is 11.8 Å². The van der Waals surface area contributed by atoms with Gasteiger partial charge < -0.3 is 9.47 Å². The zero-order chi connectivity index (χ0) is 11.8. The molecule has 1 rings (SSSR count). The predicted octanol–water partition coefficient (Wildman–Crippen LogP) is 2.74. The molecule has 0 unspecified atom stereocenters. The lowest BCUT2D eigenvalue weighted by Gasteiger charge is -2.06. The lowest BCUT2D eigenvalue weighted by atomic mass is 10.3. The molecule has 0 heterocycles. The topological polar surface area (TPSA) is 35.5 Å². The lowest BCUT2D eigenvalue weighted by molar-refractivity contribution is -0.145. The maximum Gasteiger partial charge on any atom is 0.344 e. The Labute approximate surface area is 100 Å². The molecule has 0 aliphatic heterocycles. The molecule has 88 valence electrons. The molecular formula is C12H16O3S. The standard InChI is InChI=1S/C12H16O3S/c1-3-14-12(13)9-15-10-5-7-11(8-6-10)16-4-2/h5-8H,3-4,9H2,1-2H3. The summed E-state index contributed by atoms with van der Waals surface area (Å²) in [4.78, 5) is 12.2. The van der Waals surface area contributed by atoms with Crippen molar-refractivity contribution in [2.24, 2.45) is 0 Å². The van der Waals surface area contributed by atoms with Crippen LogP contribution in [-0.2, 0) is 9.53 Å². The van der Waals surface area contributed by atoms with Crippen LogP contribution in [0, 0.1) is 0 Å². The van der Waals surface area contributed by atoms with E-state index in [1.54, 1.807) is 18.7 Å². The van der Waals surface area contributed by atoms with Gasteiger partial charge in [-0.05, 0) is 36.9 Å². The van der Waals surface area contributed by atoms with Crippen LogP contribution < -0.4 is 4.74 Å². The van der Waals surface area contributed by atoms with Gasteiger partial charge in [-0.2, -0.15) is 0 Å². The van der Waals surface area contributed by atoms with E-state index in [-0.39, 0.29) is 12.6 Å². The first-order chi connectivity index (χ1) is 7.76. The maximum atomic E-state index is 11.0. The summed E-state index contributed by atoms with van der Waals surface area (Å²) < 4.78 is 10.0. The summed E-state index contributed by atoms with van der Waals surface area (Å²) in [6, 6.07) is 7.68. The number of rotatable bonds is 6. The highest BCUT2D eigenvalue weighted by Crippen LogP contribution is 2.20. The van der Waals surface area contributed by atoms with Gasteiger partial charge in [0.2, 0.25) is 0 Å². The van der Waals surface area contributed by atoms with Crippen LogP contribution in [0.3, 0.4) is 0 Å². The molecule has 0 radical (unpaired) electrons. The molecule has 0 aromatic heterocycles. The third kappa shape index (κ3) is 4.57. The van der Waals surface area contributed by atoms with Gasteiger partial charge >= 0.3 is 5.97 Å². The molecule has 3 nitrogen and oxygen atoms in total. The predicted molar refractivity (Wildman–Crippen MR) is 65.0 cm³/mol. The Hall–Kier alpha value is -1.16. The second-order valence-electron chi connectivity index (χ2n) is 3.00. The minimum Gasteiger partial charge on any atom is -0.482 e. The third-order valence-corrected chi connectivity index (χ3v) is 2.69. The zero-order valence-electron chi connectivity index (χ0n) is 9.56. The Morgan fingerprint density at radius 3 is 2.50 bits per heavy atom. The quantitative estimate of drug-likeness (QED) is 0.566. The maximum absolute atomic E-state index is 11.0. The fourth-order valence-electron chi connectivity index (χ4n) is 1.14. The minimum atomic E-state index is -0.338. The fraction of sp³-hybridized carbons (Fsp3) is 0.417. The first-order valence-corrected chi connectivity index (χ1v) is 6.26. The fourth-order valence-corrected chi connectivity index (χ4v) is 1.81. The Kier molecular flexibility index (Phi) is 5.78. The lowest BCUT2D eigenvalue weighted by Crippen LogP contribution is -2.14. The number of carbonyl (C=O) groups excluding carboxylic acids is 1. The molecule has 0 saturated carbocycles. The number of hydrogen-bond donors (Lipinski definition) is 0. The van der Waals surface area contributed by atoms with Crippen LogP contribution in [0.2, 0.25) is 0 Å². The third-order valence-electron chi connectivity index (χ3n) is 1.80. The summed E-state index contributed by atoms with van der Waals surface area (Å²) in [6.07, 6.45) is 0. The van der Waals surface area contributed by atoms with E-state index in [0.29, 0.717) is 12.4 Å². The van der Waals surface area contributed by atoms with Gasteiger partial charge in [-0.1, -0.05) is 6.92 Å². The van der Waals surface area contributed by atoms with Crippen molar-refractivity contribution in [2.75, 3.05) is 19.0 Å². The number of hydrogen-bond acceptors (Lipinski definition) is 4. The van der Waals surface area contributed by atoms with Gasteiger partial charge in [-0.25, -0.2) is 4.79 Å². The molecule has 0 spiro atoms. The molecule has 4 heteroatoms. The average Bonchev–Trinajstić information content (AvgIpc) is 2.29. The molecule has 0 fully saturated rings. The molecular weight excluding hydrogens is 224 g/mol. The molecule has 0 aliphatic carbocycles. The highest BCUT2D eigenvalue weighted by Gasteiger charge is 2.02. The van der Waals surface area contributed by atoms with Gasteiger partial charge in [-0.3, -0.25) is 0 Å². The highest BCUT2D eigenvalue weighted by atomic mass is 32.2. The molecule has 0 saturated heterocycles. The van der Waals surface area contributed by atoms with Crippen LogP contribution in [0.5, 0.6) is 5.75 Å². The smallest absolute Gasteiger partial charge is 0.344 e. The van der Waals surface area contributed by atoms with Gasteiger partial charge in [0.15, 0.2) is 6.61 Å². The van der Waals surface area contributed by atoms with E-state index in [0.717, 1.165) is 5.75 Å². The van der Waals surface area contributed by atoms with Crippen molar-refractivity contribution in [1.29, 1.82) is 0 Å². The normalized spacial score (nSPS) is 9.88. The average molecular weight is 240 g/mol. The minimum absolute atomic E-state index is 0.0336. The highest BCUT2D eigenvalue weighted by molar-refractivity contribution is 7.99. The van der Waals surface area contributed by atoms with Crippen LogP contribution in [-0.4, -0.2) is 24.9 Å². The summed E-state index contributed by atoms with van der Waals surface area (Å²) in [6.45, 7) is 4.23. The van der Waals surface area contributed by atoms with Crippen molar-refractivity contribution in [3.63, 3.8) is 0 Å². The summed E-state index contributed by atoms with van der Waals surface area (Å²) in [5.74, 6) is 1.39. The molecule has 0 aliphatic rings. The van der Waals surface area contributed by atoms with E-state index in [4.69, 9.17) is 9.47 Å². The van der Waals surface area contributed by atoms with Gasteiger partial charge in [0.1, 0.15) is 5.75 Å². The second kappa shape index (κ2) is 7.17. The Balaban J connectivity index is 2.40. The van der Waals surface area contributed by atoms with Crippen LogP contribution in [0.25, 0.3) is 0 Å². The summed E-state index contributed by atoms with van der Waals surface area (Å²) in [5, 5.41) is 0. The number of thioether (sulfide) groups is 1. The second-order valence-corrected chi connectivity index (χ2v) is 4.34. The Morgan fingerprint density at radius 2 is 1.94 bits per heavy atom. The van der Waals surface area contributed by atoms with E-state index in [1.807, 2.05) is 24.3 Å². The summed E-state index contributed by atoms with van der Waals surface area (Å²) in [5.41, 5.74) is 0. The van der Waals surface area contributed by atoms with Crippen LogP contribution >= 0.6 is 11.8 Å². The first-order valence-electron chi connectivity index (χ1n) is 5.27. The van der Waals surface area contributed by atoms with E-state index in [9.17, 15) is 4.79 Å². The molecule has 0 atom stereocenters. The van der Waals surface area contributed by atoms with Gasteiger partial charge in [0.25, 0.3) is 0 Å². The van der Waals surface area contributed by atoms with Crippen molar-refractivity contribution in [3.05, 3.63) is 24.3 Å². The number of carbonyl (C=O) groups is 1. The van der Waals surface area contributed by atoms with Crippen LogP contribution in [0.1, 0.15) is 13.8 Å². The summed E-state index contributed by atoms with van der Waals surface area (Å²) in [7, 11) is 0. The molecule has 16 heavy (non-hydrogen) atoms. The SMILES string of the molecule is CCOC(=O)COc1ccc(SCC)cc1. The van der Waals surface area contributed by atoms with Crippen LogP contribution in [0.15, 0.2) is 29.2 Å². The van der Waals surface area contributed by atoms with E-state index < -0.39 is 0 Å². The van der Waals surface area contributed by atoms with E-state index >= 15 is 0 Å². The molecule has 1 aromatic rings. The molecule has 0 bridgehead atoms. The zero-order valence-corrected chi connectivity index (χ0v) is 10.4. The molecule has 1 aromatic carbocycles. The van der Waals surface area contributed by atoms with Crippen molar-refractivity contribution in [1.82, 2.24) is 0 Å². The molecule has 0 amide bonds. The monoisotopic (exact) mass is 240 g/mol. The Morgan fingerprint density at radius 1 is 1.25 bits per heavy atom. The van der Waals surface area contributed by atoms with Crippen molar-refractivity contribution < 1.29 is 14.3 Å². The van der Waals surface area contributed by atoms with Crippen LogP contribution in [0.4, 0.5) is 0 Å². The van der Waals surface area contributed by atoms with E-state index in [2.05, 4.69) is 6.92 Å². The van der Waals surface area contributed by atoms with E-state index in [1.165, 1.54) is 4.90 Å².